The lowest BCUT2D eigenvalue weighted by Gasteiger charge is -2.16. The highest BCUT2D eigenvalue weighted by Crippen LogP contribution is 2.32. The van der Waals surface area contributed by atoms with Crippen molar-refractivity contribution >= 4 is 5.97 Å². The maximum atomic E-state index is 10.8. The summed E-state index contributed by atoms with van der Waals surface area (Å²) in [6, 6.07) is 9.43. The zero-order chi connectivity index (χ0) is 13.8. The van der Waals surface area contributed by atoms with E-state index in [4.69, 9.17) is 9.63 Å². The Morgan fingerprint density at radius 3 is 2.58 bits per heavy atom. The summed E-state index contributed by atoms with van der Waals surface area (Å²) in [5.74, 6) is -0.783. The van der Waals surface area contributed by atoms with Crippen molar-refractivity contribution in [2.24, 2.45) is 0 Å². The molecule has 0 atom stereocenters. The number of aromatic nitrogens is 1. The van der Waals surface area contributed by atoms with E-state index >= 15 is 0 Å². The molecule has 0 aliphatic rings. The Balaban J connectivity index is 2.46. The van der Waals surface area contributed by atoms with Gasteiger partial charge in [0.15, 0.2) is 0 Å². The van der Waals surface area contributed by atoms with Gasteiger partial charge in [0.1, 0.15) is 5.69 Å². The zero-order valence-corrected chi connectivity index (χ0v) is 11.1. The van der Waals surface area contributed by atoms with Crippen LogP contribution in [-0.4, -0.2) is 16.2 Å². The second kappa shape index (κ2) is 5.69. The van der Waals surface area contributed by atoms with Gasteiger partial charge in [-0.3, -0.25) is 0 Å². The van der Waals surface area contributed by atoms with Crippen LogP contribution in [0.1, 0.15) is 48.7 Å². The topological polar surface area (TPSA) is 63.3 Å². The van der Waals surface area contributed by atoms with E-state index in [9.17, 15) is 4.79 Å². The smallest absolute Gasteiger partial charge is 0.374 e. The van der Waals surface area contributed by atoms with Gasteiger partial charge in [-0.2, -0.15) is 0 Å². The molecule has 1 aromatic heterocycles. The van der Waals surface area contributed by atoms with Crippen LogP contribution in [0.3, 0.4) is 0 Å². The van der Waals surface area contributed by atoms with Crippen molar-refractivity contribution in [2.75, 3.05) is 0 Å². The Kier molecular flexibility index (Phi) is 4.00. The van der Waals surface area contributed by atoms with Gasteiger partial charge in [-0.15, -0.1) is 0 Å². The quantitative estimate of drug-likeness (QED) is 0.883. The molecule has 0 radical (unpaired) electrons. The average Bonchev–Trinajstić information content (AvgIpc) is 2.90. The molecule has 0 saturated carbocycles. The summed E-state index contributed by atoms with van der Waals surface area (Å²) < 4.78 is 4.83. The minimum atomic E-state index is -1.10. The fraction of sp³-hybridized carbons (Fsp3) is 0.333. The first-order valence-corrected chi connectivity index (χ1v) is 6.46. The Morgan fingerprint density at radius 2 is 2.00 bits per heavy atom. The molecule has 2 rings (SSSR count). The van der Waals surface area contributed by atoms with E-state index in [1.54, 1.807) is 0 Å². The van der Waals surface area contributed by atoms with Crippen molar-refractivity contribution in [3.05, 3.63) is 41.7 Å². The highest BCUT2D eigenvalue weighted by Gasteiger charge is 2.17. The lowest BCUT2D eigenvalue weighted by atomic mass is 9.89. The van der Waals surface area contributed by atoms with Crippen LogP contribution < -0.4 is 0 Å². The molecule has 0 fully saturated rings. The maximum Gasteiger partial charge on any atom is 0.374 e. The summed E-state index contributed by atoms with van der Waals surface area (Å²) in [5, 5.41) is 12.7. The van der Waals surface area contributed by atoms with Crippen molar-refractivity contribution in [1.82, 2.24) is 5.16 Å². The van der Waals surface area contributed by atoms with Gasteiger partial charge in [0.2, 0.25) is 5.76 Å². The molecule has 0 saturated heterocycles. The molecule has 1 aromatic carbocycles. The normalized spacial score (nSPS) is 10.9. The van der Waals surface area contributed by atoms with Crippen molar-refractivity contribution in [1.29, 1.82) is 0 Å². The van der Waals surface area contributed by atoms with Gasteiger partial charge < -0.3 is 9.63 Å². The number of benzene rings is 1. The van der Waals surface area contributed by atoms with E-state index in [0.29, 0.717) is 11.6 Å². The Hall–Kier alpha value is -2.10. The number of nitrogens with zero attached hydrogens (tertiary/aromatic N) is 1. The summed E-state index contributed by atoms with van der Waals surface area (Å²) in [6.45, 7) is 4.30. The third kappa shape index (κ3) is 2.67. The molecule has 4 heteroatoms. The van der Waals surface area contributed by atoms with Gasteiger partial charge in [-0.05, 0) is 24.3 Å². The number of hydrogen-bond acceptors (Lipinski definition) is 3. The van der Waals surface area contributed by atoms with E-state index < -0.39 is 5.97 Å². The molecule has 1 N–H and O–H groups in total. The van der Waals surface area contributed by atoms with Crippen LogP contribution in [-0.2, 0) is 0 Å². The van der Waals surface area contributed by atoms with E-state index in [1.807, 2.05) is 18.2 Å². The molecule has 0 unspecified atom stereocenters. The van der Waals surface area contributed by atoms with E-state index in [1.165, 1.54) is 11.6 Å². The number of carbonyl (C=O) groups is 1. The highest BCUT2D eigenvalue weighted by atomic mass is 16.5. The maximum absolute atomic E-state index is 10.8. The Labute approximate surface area is 112 Å². The predicted octanol–water partition coefficient (Wildman–Crippen LogP) is 3.94. The Bertz CT molecular complexity index is 570. The second-order valence-electron chi connectivity index (χ2n) is 4.48. The van der Waals surface area contributed by atoms with Crippen molar-refractivity contribution in [3.8, 4) is 11.3 Å². The van der Waals surface area contributed by atoms with Gasteiger partial charge in [-0.25, -0.2) is 4.79 Å². The third-order valence-corrected chi connectivity index (χ3v) is 3.38. The summed E-state index contributed by atoms with van der Waals surface area (Å²) in [4.78, 5) is 10.8. The van der Waals surface area contributed by atoms with Crippen molar-refractivity contribution in [3.63, 3.8) is 0 Å². The lowest BCUT2D eigenvalue weighted by molar-refractivity contribution is 0.0652. The van der Waals surface area contributed by atoms with Gasteiger partial charge in [0, 0.05) is 11.6 Å². The average molecular weight is 259 g/mol. The summed E-state index contributed by atoms with van der Waals surface area (Å²) in [5.41, 5.74) is 2.73. The minimum absolute atomic E-state index is 0.130. The van der Waals surface area contributed by atoms with Crippen LogP contribution in [0.2, 0.25) is 0 Å². The second-order valence-corrected chi connectivity index (χ2v) is 4.48. The number of rotatable bonds is 5. The minimum Gasteiger partial charge on any atom is -0.475 e. The van der Waals surface area contributed by atoms with Crippen molar-refractivity contribution < 1.29 is 14.4 Å². The van der Waals surface area contributed by atoms with Crippen LogP contribution in [0, 0.1) is 0 Å². The third-order valence-electron chi connectivity index (χ3n) is 3.38. The molecule has 0 spiro atoms. The number of hydrogen-bond donors (Lipinski definition) is 1. The van der Waals surface area contributed by atoms with Gasteiger partial charge >= 0.3 is 5.97 Å². The molecule has 100 valence electrons. The van der Waals surface area contributed by atoms with Crippen LogP contribution in [0.15, 0.2) is 34.9 Å². The SMILES string of the molecule is CCC(CC)c1ccccc1-c1cc(C(=O)O)on1. The fourth-order valence-electron chi connectivity index (χ4n) is 2.32. The van der Waals surface area contributed by atoms with Gasteiger partial charge in [-0.1, -0.05) is 43.3 Å². The molecule has 0 amide bonds. The standard InChI is InChI=1S/C15H17NO3/c1-3-10(4-2)11-7-5-6-8-12(11)13-9-14(15(17)18)19-16-13/h5-10H,3-4H2,1-2H3,(H,17,18). The van der Waals surface area contributed by atoms with Crippen LogP contribution in [0.4, 0.5) is 0 Å². The number of carboxylic acids is 1. The van der Waals surface area contributed by atoms with E-state index in [2.05, 4.69) is 25.1 Å². The highest BCUT2D eigenvalue weighted by molar-refractivity contribution is 5.85. The van der Waals surface area contributed by atoms with E-state index in [0.717, 1.165) is 18.4 Å². The molecule has 1 heterocycles. The first-order chi connectivity index (χ1) is 9.17. The molecular formula is C15H17NO3. The lowest BCUT2D eigenvalue weighted by Crippen LogP contribution is -1.98. The van der Waals surface area contributed by atoms with Crippen molar-refractivity contribution in [2.45, 2.75) is 32.6 Å². The molecule has 0 bridgehead atoms. The molecule has 0 aliphatic heterocycles. The van der Waals surface area contributed by atoms with Crippen LogP contribution in [0.25, 0.3) is 11.3 Å². The van der Waals surface area contributed by atoms with Gasteiger partial charge in [0.05, 0.1) is 0 Å². The molecular weight excluding hydrogens is 242 g/mol. The first-order valence-electron chi connectivity index (χ1n) is 6.46. The first kappa shape index (κ1) is 13.3. The Morgan fingerprint density at radius 1 is 1.32 bits per heavy atom. The molecule has 0 aliphatic carbocycles. The predicted molar refractivity (Wildman–Crippen MR) is 72.2 cm³/mol. The molecule has 19 heavy (non-hydrogen) atoms. The van der Waals surface area contributed by atoms with Gasteiger partial charge in [0.25, 0.3) is 0 Å². The zero-order valence-electron chi connectivity index (χ0n) is 11.1. The summed E-state index contributed by atoms with van der Waals surface area (Å²) in [6.07, 6.45) is 2.08. The van der Waals surface area contributed by atoms with Crippen LogP contribution in [0.5, 0.6) is 0 Å². The van der Waals surface area contributed by atoms with E-state index in [-0.39, 0.29) is 5.76 Å². The number of aromatic carboxylic acids is 1. The summed E-state index contributed by atoms with van der Waals surface area (Å²) in [7, 11) is 0. The monoisotopic (exact) mass is 259 g/mol. The van der Waals surface area contributed by atoms with Crippen LogP contribution >= 0.6 is 0 Å². The molecule has 4 nitrogen and oxygen atoms in total. The largest absolute Gasteiger partial charge is 0.475 e. The fourth-order valence-corrected chi connectivity index (χ4v) is 2.32. The molecule has 2 aromatic rings. The number of carboxylic acid groups (broad SMARTS) is 1. The summed E-state index contributed by atoms with van der Waals surface area (Å²) >= 11 is 0.